The molecule has 0 spiro atoms. The highest BCUT2D eigenvalue weighted by molar-refractivity contribution is 8.00. The molecular weight excluding hydrogens is 354 g/mol. The molecule has 0 atom stereocenters. The van der Waals surface area contributed by atoms with Gasteiger partial charge in [0.2, 0.25) is 5.91 Å². The van der Waals surface area contributed by atoms with Crippen LogP contribution in [-0.2, 0) is 4.79 Å². The van der Waals surface area contributed by atoms with Crippen LogP contribution in [0.25, 0.3) is 0 Å². The molecule has 5 nitrogen and oxygen atoms in total. The largest absolute Gasteiger partial charge is 0.354 e. The maximum atomic E-state index is 12.3. The lowest BCUT2D eigenvalue weighted by atomic mass is 10.3. The van der Waals surface area contributed by atoms with Crippen molar-refractivity contribution in [2.75, 3.05) is 45.0 Å². The van der Waals surface area contributed by atoms with Crippen molar-refractivity contribution in [1.82, 2.24) is 15.1 Å². The first kappa shape index (κ1) is 18.7. The average molecular weight is 382 g/mol. The summed E-state index contributed by atoms with van der Waals surface area (Å²) in [5, 5.41) is 5.67. The summed E-state index contributed by atoms with van der Waals surface area (Å²) in [4.78, 5) is 29.3. The molecule has 1 saturated heterocycles. The average Bonchev–Trinajstić information content (AvgIpc) is 3.34. The smallest absolute Gasteiger partial charge is 0.264 e. The number of rotatable bonds is 7. The van der Waals surface area contributed by atoms with Crippen LogP contribution >= 0.6 is 23.1 Å². The molecule has 3 rings (SSSR count). The van der Waals surface area contributed by atoms with Crippen molar-refractivity contribution in [3.63, 3.8) is 0 Å². The Kier molecular flexibility index (Phi) is 7.19. The van der Waals surface area contributed by atoms with Crippen LogP contribution in [0.15, 0.2) is 17.5 Å². The number of carbonyl (C=O) groups is 2. The summed E-state index contributed by atoms with van der Waals surface area (Å²) in [5.41, 5.74) is 0. The van der Waals surface area contributed by atoms with Gasteiger partial charge in [-0.05, 0) is 24.3 Å². The molecule has 1 aromatic rings. The second kappa shape index (κ2) is 9.59. The molecule has 1 aromatic heterocycles. The SMILES string of the molecule is O=C(CSC1CCCC1)NCCN1CCN(C(=O)c2cccs2)CC1. The van der Waals surface area contributed by atoms with Gasteiger partial charge >= 0.3 is 0 Å². The zero-order chi connectivity index (χ0) is 17.5. The Hall–Kier alpha value is -1.05. The number of nitrogens with one attached hydrogen (secondary N) is 1. The van der Waals surface area contributed by atoms with Crippen LogP contribution in [-0.4, -0.2) is 71.9 Å². The Bertz CT molecular complexity index is 551. The summed E-state index contributed by atoms with van der Waals surface area (Å²) < 4.78 is 0. The minimum absolute atomic E-state index is 0.145. The number of hydrogen-bond acceptors (Lipinski definition) is 5. The van der Waals surface area contributed by atoms with E-state index in [0.29, 0.717) is 17.5 Å². The number of hydrogen-bond donors (Lipinski definition) is 1. The van der Waals surface area contributed by atoms with E-state index in [9.17, 15) is 9.59 Å². The summed E-state index contributed by atoms with van der Waals surface area (Å²) in [7, 11) is 0. The van der Waals surface area contributed by atoms with Gasteiger partial charge in [-0.15, -0.1) is 23.1 Å². The fourth-order valence-corrected chi connectivity index (χ4v) is 5.23. The molecule has 0 unspecified atom stereocenters. The van der Waals surface area contributed by atoms with E-state index in [1.807, 2.05) is 34.2 Å². The maximum Gasteiger partial charge on any atom is 0.264 e. The van der Waals surface area contributed by atoms with Gasteiger partial charge in [-0.3, -0.25) is 14.5 Å². The number of carbonyl (C=O) groups excluding carboxylic acids is 2. The second-order valence-electron chi connectivity index (χ2n) is 6.68. The highest BCUT2D eigenvalue weighted by atomic mass is 32.2. The lowest BCUT2D eigenvalue weighted by Gasteiger charge is -2.34. The van der Waals surface area contributed by atoms with Gasteiger partial charge in [-0.25, -0.2) is 0 Å². The van der Waals surface area contributed by atoms with E-state index in [2.05, 4.69) is 10.2 Å². The van der Waals surface area contributed by atoms with Crippen LogP contribution in [0, 0.1) is 0 Å². The molecule has 2 heterocycles. The number of amides is 2. The number of piperazine rings is 1. The van der Waals surface area contributed by atoms with Crippen molar-refractivity contribution in [2.45, 2.75) is 30.9 Å². The summed E-state index contributed by atoms with van der Waals surface area (Å²) in [6, 6.07) is 3.81. The van der Waals surface area contributed by atoms with Gasteiger partial charge in [0, 0.05) is 44.5 Å². The first-order valence-electron chi connectivity index (χ1n) is 9.16. The number of thiophene rings is 1. The van der Waals surface area contributed by atoms with Crippen LogP contribution in [0.5, 0.6) is 0 Å². The molecule has 1 N–H and O–H groups in total. The van der Waals surface area contributed by atoms with Crippen LogP contribution in [0.4, 0.5) is 0 Å². The van der Waals surface area contributed by atoms with E-state index in [1.54, 1.807) is 0 Å². The van der Waals surface area contributed by atoms with E-state index in [0.717, 1.165) is 37.6 Å². The Morgan fingerprint density at radius 1 is 1.20 bits per heavy atom. The molecule has 1 aliphatic carbocycles. The molecule has 138 valence electrons. The van der Waals surface area contributed by atoms with Gasteiger partial charge in [0.05, 0.1) is 10.6 Å². The zero-order valence-corrected chi connectivity index (χ0v) is 16.2. The van der Waals surface area contributed by atoms with Gasteiger partial charge in [-0.2, -0.15) is 0 Å². The normalized spacial score (nSPS) is 19.3. The highest BCUT2D eigenvalue weighted by Crippen LogP contribution is 2.28. The topological polar surface area (TPSA) is 52.7 Å². The van der Waals surface area contributed by atoms with E-state index in [-0.39, 0.29) is 11.8 Å². The summed E-state index contributed by atoms with van der Waals surface area (Å²) in [5.74, 6) is 0.892. The summed E-state index contributed by atoms with van der Waals surface area (Å²) in [6.45, 7) is 4.85. The monoisotopic (exact) mass is 381 g/mol. The van der Waals surface area contributed by atoms with Gasteiger partial charge in [0.15, 0.2) is 0 Å². The molecule has 2 amide bonds. The van der Waals surface area contributed by atoms with Crippen LogP contribution in [0.2, 0.25) is 0 Å². The molecule has 25 heavy (non-hydrogen) atoms. The van der Waals surface area contributed by atoms with Crippen LogP contribution < -0.4 is 5.32 Å². The maximum absolute atomic E-state index is 12.3. The molecule has 7 heteroatoms. The third-order valence-corrected chi connectivity index (χ3v) is 7.12. The van der Waals surface area contributed by atoms with Gasteiger partial charge in [0.1, 0.15) is 0 Å². The molecule has 1 aliphatic heterocycles. The number of nitrogens with zero attached hydrogens (tertiary/aromatic N) is 2. The third kappa shape index (κ3) is 5.72. The predicted molar refractivity (Wildman–Crippen MR) is 104 cm³/mol. The summed E-state index contributed by atoms with van der Waals surface area (Å²) in [6.07, 6.45) is 5.18. The lowest BCUT2D eigenvalue weighted by molar-refractivity contribution is -0.118. The second-order valence-corrected chi connectivity index (χ2v) is 8.91. The number of thioether (sulfide) groups is 1. The van der Waals surface area contributed by atoms with Gasteiger partial charge < -0.3 is 10.2 Å². The van der Waals surface area contributed by atoms with Crippen molar-refractivity contribution in [1.29, 1.82) is 0 Å². The van der Waals surface area contributed by atoms with Crippen LogP contribution in [0.3, 0.4) is 0 Å². The minimum atomic E-state index is 0.145. The third-order valence-electron chi connectivity index (χ3n) is 4.89. The van der Waals surface area contributed by atoms with E-state index >= 15 is 0 Å². The quantitative estimate of drug-likeness (QED) is 0.787. The molecule has 0 bridgehead atoms. The lowest BCUT2D eigenvalue weighted by Crippen LogP contribution is -2.50. The molecule has 2 fully saturated rings. The van der Waals surface area contributed by atoms with Crippen molar-refractivity contribution < 1.29 is 9.59 Å². The van der Waals surface area contributed by atoms with Crippen molar-refractivity contribution >= 4 is 34.9 Å². The fourth-order valence-electron chi connectivity index (χ4n) is 3.38. The van der Waals surface area contributed by atoms with E-state index in [4.69, 9.17) is 0 Å². The highest BCUT2D eigenvalue weighted by Gasteiger charge is 2.22. The predicted octanol–water partition coefficient (Wildman–Crippen LogP) is 2.30. The van der Waals surface area contributed by atoms with Gasteiger partial charge in [0.25, 0.3) is 5.91 Å². The Morgan fingerprint density at radius 2 is 1.96 bits per heavy atom. The van der Waals surface area contributed by atoms with Gasteiger partial charge in [-0.1, -0.05) is 18.9 Å². The van der Waals surface area contributed by atoms with Crippen molar-refractivity contribution in [3.8, 4) is 0 Å². The first-order chi connectivity index (χ1) is 12.2. The molecule has 1 saturated carbocycles. The van der Waals surface area contributed by atoms with E-state index in [1.165, 1.54) is 37.0 Å². The van der Waals surface area contributed by atoms with E-state index < -0.39 is 0 Å². The zero-order valence-electron chi connectivity index (χ0n) is 14.6. The summed E-state index contributed by atoms with van der Waals surface area (Å²) >= 11 is 3.31. The minimum Gasteiger partial charge on any atom is -0.354 e. The van der Waals surface area contributed by atoms with Crippen LogP contribution in [0.1, 0.15) is 35.4 Å². The fraction of sp³-hybridized carbons (Fsp3) is 0.667. The first-order valence-corrected chi connectivity index (χ1v) is 11.1. The van der Waals surface area contributed by atoms with Crippen molar-refractivity contribution in [3.05, 3.63) is 22.4 Å². The Morgan fingerprint density at radius 3 is 2.64 bits per heavy atom. The Balaban J connectivity index is 1.27. The molecule has 0 aromatic carbocycles. The standard InChI is InChI=1S/C18H27N3O2S2/c22-17(14-25-15-4-1-2-5-15)19-7-8-20-9-11-21(12-10-20)18(23)16-6-3-13-24-16/h3,6,13,15H,1-2,4-5,7-12,14H2,(H,19,22). The molecule has 0 radical (unpaired) electrons. The Labute approximate surface area is 158 Å². The molecular formula is C18H27N3O2S2. The van der Waals surface area contributed by atoms with Crippen molar-refractivity contribution in [2.24, 2.45) is 0 Å². The molecule has 2 aliphatic rings.